The van der Waals surface area contributed by atoms with E-state index in [0.717, 1.165) is 30.0 Å². The molecule has 132 valence electrons. The molecule has 1 unspecified atom stereocenters. The molecule has 2 N–H and O–H groups in total. The number of benzene rings is 1. The van der Waals surface area contributed by atoms with Gasteiger partial charge in [-0.15, -0.1) is 11.3 Å². The van der Waals surface area contributed by atoms with Gasteiger partial charge in [0.15, 0.2) is 0 Å². The largest absolute Gasteiger partial charge is 0.365 e. The second-order valence-corrected chi connectivity index (χ2v) is 7.48. The Hall–Kier alpha value is -2.86. The molecule has 0 bridgehead atoms. The average Bonchev–Trinajstić information content (AvgIpc) is 3.41. The lowest BCUT2D eigenvalue weighted by molar-refractivity contribution is 0.0737. The first kappa shape index (κ1) is 16.6. The Labute approximate surface area is 155 Å². The van der Waals surface area contributed by atoms with Crippen LogP contribution < -0.4 is 5.73 Å². The maximum atomic E-state index is 13.1. The molecule has 1 aliphatic heterocycles. The Kier molecular flexibility index (Phi) is 4.34. The molecule has 1 atom stereocenters. The smallest absolute Gasteiger partial charge is 0.258 e. The lowest BCUT2D eigenvalue weighted by atomic mass is 10.1. The number of aromatic nitrogens is 1. The summed E-state index contributed by atoms with van der Waals surface area (Å²) < 4.78 is 1.98. The van der Waals surface area contributed by atoms with Gasteiger partial charge in [0, 0.05) is 35.1 Å². The summed E-state index contributed by atoms with van der Waals surface area (Å²) in [5.74, 6) is -0.396. The topological polar surface area (TPSA) is 68.3 Å². The number of rotatable bonds is 4. The molecule has 1 fully saturated rings. The predicted molar refractivity (Wildman–Crippen MR) is 102 cm³/mol. The quantitative estimate of drug-likeness (QED) is 0.767. The van der Waals surface area contributed by atoms with Gasteiger partial charge < -0.3 is 15.2 Å². The third-order valence-corrected chi connectivity index (χ3v) is 5.91. The SMILES string of the molecule is NC(=O)c1ccc(C2CCCN2C(=O)c2cccc(-n3cccc3)c2)s1. The van der Waals surface area contributed by atoms with E-state index in [1.165, 1.54) is 11.3 Å². The molecule has 1 saturated heterocycles. The summed E-state index contributed by atoms with van der Waals surface area (Å²) in [6, 6.07) is 15.2. The zero-order chi connectivity index (χ0) is 18.1. The van der Waals surface area contributed by atoms with Crippen molar-refractivity contribution in [1.82, 2.24) is 9.47 Å². The first-order valence-electron chi connectivity index (χ1n) is 8.57. The molecular formula is C20H19N3O2S. The summed E-state index contributed by atoms with van der Waals surface area (Å²) in [5, 5.41) is 0. The van der Waals surface area contributed by atoms with Crippen LogP contribution >= 0.6 is 11.3 Å². The number of nitrogens with zero attached hydrogens (tertiary/aromatic N) is 2. The van der Waals surface area contributed by atoms with Gasteiger partial charge in [0.2, 0.25) is 0 Å². The summed E-state index contributed by atoms with van der Waals surface area (Å²) in [5.41, 5.74) is 7.00. The predicted octanol–water partition coefficient (Wildman–Crippen LogP) is 3.62. The minimum absolute atomic E-state index is 0.0100. The molecule has 2 aromatic heterocycles. The highest BCUT2D eigenvalue weighted by molar-refractivity contribution is 7.14. The first-order valence-corrected chi connectivity index (χ1v) is 9.39. The van der Waals surface area contributed by atoms with Crippen LogP contribution in [0, 0.1) is 0 Å². The second kappa shape index (κ2) is 6.80. The summed E-state index contributed by atoms with van der Waals surface area (Å²) in [4.78, 5) is 28.0. The highest BCUT2D eigenvalue weighted by Crippen LogP contribution is 2.36. The van der Waals surface area contributed by atoms with Gasteiger partial charge >= 0.3 is 0 Å². The third-order valence-electron chi connectivity index (χ3n) is 4.71. The number of amides is 2. The van der Waals surface area contributed by atoms with E-state index in [2.05, 4.69) is 0 Å². The van der Waals surface area contributed by atoms with E-state index in [9.17, 15) is 9.59 Å². The Morgan fingerprint density at radius 2 is 1.88 bits per heavy atom. The minimum atomic E-state index is -0.420. The highest BCUT2D eigenvalue weighted by Gasteiger charge is 2.32. The summed E-state index contributed by atoms with van der Waals surface area (Å²) in [6.45, 7) is 0.723. The molecule has 0 aliphatic carbocycles. The minimum Gasteiger partial charge on any atom is -0.365 e. The summed E-state index contributed by atoms with van der Waals surface area (Å²) >= 11 is 1.38. The maximum Gasteiger partial charge on any atom is 0.258 e. The molecule has 0 radical (unpaired) electrons. The molecule has 2 amide bonds. The number of hydrogen-bond donors (Lipinski definition) is 1. The van der Waals surface area contributed by atoms with Crippen LogP contribution in [0.2, 0.25) is 0 Å². The second-order valence-electron chi connectivity index (χ2n) is 6.36. The highest BCUT2D eigenvalue weighted by atomic mass is 32.1. The molecular weight excluding hydrogens is 346 g/mol. The molecule has 1 aliphatic rings. The molecule has 3 heterocycles. The van der Waals surface area contributed by atoms with Crippen LogP contribution in [-0.2, 0) is 0 Å². The lowest BCUT2D eigenvalue weighted by Gasteiger charge is -2.24. The van der Waals surface area contributed by atoms with Gasteiger partial charge in [-0.25, -0.2) is 0 Å². The van der Waals surface area contributed by atoms with Crippen molar-refractivity contribution in [2.45, 2.75) is 18.9 Å². The molecule has 5 nitrogen and oxygen atoms in total. The number of carbonyl (C=O) groups excluding carboxylic acids is 2. The van der Waals surface area contributed by atoms with Crippen molar-refractivity contribution in [3.8, 4) is 5.69 Å². The molecule has 0 saturated carbocycles. The number of thiophene rings is 1. The van der Waals surface area contributed by atoms with E-state index >= 15 is 0 Å². The van der Waals surface area contributed by atoms with Gasteiger partial charge in [0.05, 0.1) is 10.9 Å². The van der Waals surface area contributed by atoms with Gasteiger partial charge in [0.25, 0.3) is 11.8 Å². The molecule has 3 aromatic rings. The van der Waals surface area contributed by atoms with Crippen molar-refractivity contribution in [2.75, 3.05) is 6.54 Å². The fourth-order valence-corrected chi connectivity index (χ4v) is 4.45. The first-order chi connectivity index (χ1) is 12.6. The monoisotopic (exact) mass is 365 g/mol. The summed E-state index contributed by atoms with van der Waals surface area (Å²) in [6.07, 6.45) is 5.78. The summed E-state index contributed by atoms with van der Waals surface area (Å²) in [7, 11) is 0. The van der Waals surface area contributed by atoms with Crippen molar-refractivity contribution < 1.29 is 9.59 Å². The standard InChI is InChI=1S/C20H19N3O2S/c21-19(24)18-9-8-17(26-18)16-7-4-12-23(16)20(25)14-5-3-6-15(13-14)22-10-1-2-11-22/h1-3,5-6,8-11,13,16H,4,7,12H2,(H2,21,24). The van der Waals surface area contributed by atoms with Crippen LogP contribution in [0.1, 0.15) is 43.8 Å². The number of likely N-dealkylation sites (tertiary alicyclic amines) is 1. The Morgan fingerprint density at radius 3 is 2.62 bits per heavy atom. The third kappa shape index (κ3) is 3.04. The van der Waals surface area contributed by atoms with Crippen LogP contribution in [0.15, 0.2) is 60.9 Å². The van der Waals surface area contributed by atoms with E-state index in [4.69, 9.17) is 5.73 Å². The van der Waals surface area contributed by atoms with Gasteiger partial charge in [-0.2, -0.15) is 0 Å². The normalized spacial score (nSPS) is 16.8. The van der Waals surface area contributed by atoms with Gasteiger partial charge in [0.1, 0.15) is 0 Å². The van der Waals surface area contributed by atoms with E-state index < -0.39 is 5.91 Å². The van der Waals surface area contributed by atoms with Gasteiger partial charge in [-0.1, -0.05) is 6.07 Å². The van der Waals surface area contributed by atoms with E-state index in [0.29, 0.717) is 10.4 Å². The van der Waals surface area contributed by atoms with Gasteiger partial charge in [-0.05, 0) is 55.3 Å². The van der Waals surface area contributed by atoms with Crippen molar-refractivity contribution in [2.24, 2.45) is 5.73 Å². The van der Waals surface area contributed by atoms with Crippen LogP contribution in [0.5, 0.6) is 0 Å². The van der Waals surface area contributed by atoms with Crippen LogP contribution in [0.25, 0.3) is 5.69 Å². The zero-order valence-electron chi connectivity index (χ0n) is 14.2. The Morgan fingerprint density at radius 1 is 1.08 bits per heavy atom. The maximum absolute atomic E-state index is 13.1. The number of hydrogen-bond acceptors (Lipinski definition) is 3. The fourth-order valence-electron chi connectivity index (χ4n) is 3.44. The Balaban J connectivity index is 1.60. The van der Waals surface area contributed by atoms with Gasteiger partial charge in [-0.3, -0.25) is 9.59 Å². The number of primary amides is 1. The van der Waals surface area contributed by atoms with Crippen molar-refractivity contribution in [3.05, 3.63) is 76.2 Å². The fraction of sp³-hybridized carbons (Fsp3) is 0.200. The van der Waals surface area contributed by atoms with Crippen molar-refractivity contribution in [3.63, 3.8) is 0 Å². The zero-order valence-corrected chi connectivity index (χ0v) is 15.0. The number of carbonyl (C=O) groups is 2. The molecule has 1 aromatic carbocycles. The molecule has 0 spiro atoms. The van der Waals surface area contributed by atoms with Crippen LogP contribution in [0.4, 0.5) is 0 Å². The lowest BCUT2D eigenvalue weighted by Crippen LogP contribution is -2.30. The number of nitrogens with two attached hydrogens (primary N) is 1. The molecule has 6 heteroatoms. The van der Waals surface area contributed by atoms with E-state index in [-0.39, 0.29) is 11.9 Å². The molecule has 4 rings (SSSR count). The van der Waals surface area contributed by atoms with E-state index in [1.807, 2.05) is 64.3 Å². The van der Waals surface area contributed by atoms with Crippen molar-refractivity contribution >= 4 is 23.2 Å². The van der Waals surface area contributed by atoms with Crippen LogP contribution in [-0.4, -0.2) is 27.8 Å². The Bertz CT molecular complexity index is 946. The van der Waals surface area contributed by atoms with Crippen molar-refractivity contribution in [1.29, 1.82) is 0 Å². The molecule has 26 heavy (non-hydrogen) atoms. The average molecular weight is 365 g/mol. The van der Waals surface area contributed by atoms with Crippen LogP contribution in [0.3, 0.4) is 0 Å². The van der Waals surface area contributed by atoms with E-state index in [1.54, 1.807) is 6.07 Å².